The van der Waals surface area contributed by atoms with E-state index in [1.807, 2.05) is 12.3 Å². The van der Waals surface area contributed by atoms with Crippen molar-refractivity contribution < 1.29 is 9.63 Å². The normalized spacial score (nSPS) is 13.0. The van der Waals surface area contributed by atoms with Gasteiger partial charge < -0.3 is 9.63 Å². The van der Waals surface area contributed by atoms with E-state index in [4.69, 9.17) is 4.52 Å². The molecule has 0 bridgehead atoms. The molecule has 2 aromatic rings. The molecule has 6 heteroatoms. The summed E-state index contributed by atoms with van der Waals surface area (Å²) in [6.45, 7) is 3.54. The molecular weight excluding hydrogens is 214 g/mol. The maximum atomic E-state index is 9.20. The van der Waals surface area contributed by atoms with Gasteiger partial charge in [0, 0.05) is 5.38 Å². The topological polar surface area (TPSA) is 72.0 Å². The minimum absolute atomic E-state index is 0.247. The lowest BCUT2D eigenvalue weighted by Crippen LogP contribution is -1.94. The lowest BCUT2D eigenvalue weighted by atomic mass is 10.3. The first-order valence-electron chi connectivity index (χ1n) is 4.56. The Hall–Kier alpha value is -1.27. The van der Waals surface area contributed by atoms with Gasteiger partial charge in [-0.25, -0.2) is 4.98 Å². The van der Waals surface area contributed by atoms with Gasteiger partial charge in [-0.2, -0.15) is 4.98 Å². The van der Waals surface area contributed by atoms with Crippen LogP contribution in [0.5, 0.6) is 0 Å². The van der Waals surface area contributed by atoms with E-state index in [-0.39, 0.29) is 5.89 Å². The zero-order valence-electron chi connectivity index (χ0n) is 8.47. The van der Waals surface area contributed by atoms with Crippen LogP contribution >= 0.6 is 11.3 Å². The molecule has 0 saturated carbocycles. The van der Waals surface area contributed by atoms with E-state index < -0.39 is 6.10 Å². The number of aliphatic hydroxyl groups excluding tert-OH is 1. The highest BCUT2D eigenvalue weighted by Crippen LogP contribution is 2.13. The summed E-state index contributed by atoms with van der Waals surface area (Å²) >= 11 is 1.59. The third-order valence-corrected chi connectivity index (χ3v) is 2.67. The average Bonchev–Trinajstić information content (AvgIpc) is 2.76. The Labute approximate surface area is 90.8 Å². The molecule has 0 aliphatic rings. The van der Waals surface area contributed by atoms with Crippen LogP contribution in [0, 0.1) is 6.92 Å². The molecule has 1 atom stereocenters. The van der Waals surface area contributed by atoms with Crippen LogP contribution in [0.1, 0.15) is 35.4 Å². The number of thiazole rings is 1. The van der Waals surface area contributed by atoms with Gasteiger partial charge in [0.05, 0.1) is 17.1 Å². The van der Waals surface area contributed by atoms with E-state index in [0.29, 0.717) is 12.2 Å². The van der Waals surface area contributed by atoms with E-state index in [0.717, 1.165) is 10.7 Å². The second-order valence-corrected chi connectivity index (χ2v) is 4.32. The fourth-order valence-electron chi connectivity index (χ4n) is 1.16. The fraction of sp³-hybridized carbons (Fsp3) is 0.444. The molecule has 0 aromatic carbocycles. The van der Waals surface area contributed by atoms with Crippen LogP contribution in [0.4, 0.5) is 0 Å². The summed E-state index contributed by atoms with van der Waals surface area (Å²) in [5.74, 6) is 0.799. The van der Waals surface area contributed by atoms with Crippen molar-refractivity contribution in [2.24, 2.45) is 0 Å². The highest BCUT2D eigenvalue weighted by atomic mass is 32.1. The molecular formula is C9H11N3O2S. The third-order valence-electron chi connectivity index (χ3n) is 1.85. The molecule has 0 aliphatic heterocycles. The van der Waals surface area contributed by atoms with Crippen LogP contribution in [0.3, 0.4) is 0 Å². The first kappa shape index (κ1) is 10.3. The molecule has 0 radical (unpaired) electrons. The van der Waals surface area contributed by atoms with Gasteiger partial charge in [-0.15, -0.1) is 11.3 Å². The van der Waals surface area contributed by atoms with Gasteiger partial charge in [-0.05, 0) is 13.8 Å². The Kier molecular flexibility index (Phi) is 2.79. The smallest absolute Gasteiger partial charge is 0.255 e. The minimum atomic E-state index is -0.719. The minimum Gasteiger partial charge on any atom is -0.384 e. The largest absolute Gasteiger partial charge is 0.384 e. The molecule has 5 nitrogen and oxygen atoms in total. The number of aliphatic hydroxyl groups is 1. The quantitative estimate of drug-likeness (QED) is 0.856. The molecule has 1 N–H and O–H groups in total. The van der Waals surface area contributed by atoms with Crippen molar-refractivity contribution >= 4 is 11.3 Å². The number of aromatic nitrogens is 3. The second-order valence-electron chi connectivity index (χ2n) is 3.26. The van der Waals surface area contributed by atoms with Crippen LogP contribution in [0.25, 0.3) is 0 Å². The van der Waals surface area contributed by atoms with E-state index >= 15 is 0 Å². The van der Waals surface area contributed by atoms with Crippen molar-refractivity contribution in [3.8, 4) is 0 Å². The lowest BCUT2D eigenvalue weighted by Gasteiger charge is -1.91. The summed E-state index contributed by atoms with van der Waals surface area (Å²) in [7, 11) is 0. The molecule has 0 spiro atoms. The van der Waals surface area contributed by atoms with Crippen LogP contribution in [0.2, 0.25) is 0 Å². The number of hydrogen-bond donors (Lipinski definition) is 1. The van der Waals surface area contributed by atoms with Gasteiger partial charge in [0.25, 0.3) is 5.89 Å². The second kappa shape index (κ2) is 4.08. The summed E-state index contributed by atoms with van der Waals surface area (Å²) in [4.78, 5) is 8.35. The van der Waals surface area contributed by atoms with Crippen molar-refractivity contribution in [1.29, 1.82) is 0 Å². The van der Waals surface area contributed by atoms with Crippen molar-refractivity contribution in [2.45, 2.75) is 26.4 Å². The van der Waals surface area contributed by atoms with Crippen molar-refractivity contribution in [3.63, 3.8) is 0 Å². The van der Waals surface area contributed by atoms with E-state index in [1.165, 1.54) is 0 Å². The SMILES string of the molecule is Cc1nc(Cc2noc(C(C)O)n2)cs1. The molecule has 0 saturated heterocycles. The van der Waals surface area contributed by atoms with Crippen molar-refractivity contribution in [3.05, 3.63) is 27.8 Å². The number of rotatable bonds is 3. The zero-order chi connectivity index (χ0) is 10.8. The molecule has 15 heavy (non-hydrogen) atoms. The standard InChI is InChI=1S/C9H11N3O2S/c1-5(13)9-11-8(12-14-9)3-7-4-15-6(2)10-7/h4-5,13H,3H2,1-2H3. The molecule has 0 aliphatic carbocycles. The van der Waals surface area contributed by atoms with E-state index in [1.54, 1.807) is 18.3 Å². The van der Waals surface area contributed by atoms with Gasteiger partial charge in [-0.1, -0.05) is 5.16 Å². The third kappa shape index (κ3) is 2.40. The number of nitrogens with zero attached hydrogens (tertiary/aromatic N) is 3. The predicted octanol–water partition coefficient (Wildman–Crippen LogP) is 1.48. The monoisotopic (exact) mass is 225 g/mol. The first-order valence-corrected chi connectivity index (χ1v) is 5.44. The average molecular weight is 225 g/mol. The summed E-state index contributed by atoms with van der Waals surface area (Å²) in [6, 6.07) is 0. The molecule has 80 valence electrons. The summed E-state index contributed by atoms with van der Waals surface area (Å²) in [5.41, 5.74) is 0.926. The Morgan fingerprint density at radius 3 is 2.87 bits per heavy atom. The molecule has 0 amide bonds. The first-order chi connectivity index (χ1) is 7.15. The van der Waals surface area contributed by atoms with E-state index in [9.17, 15) is 5.11 Å². The number of aryl methyl sites for hydroxylation is 1. The Bertz CT molecular complexity index is 450. The van der Waals surface area contributed by atoms with Crippen LogP contribution in [0.15, 0.2) is 9.90 Å². The predicted molar refractivity (Wildman–Crippen MR) is 54.6 cm³/mol. The van der Waals surface area contributed by atoms with Gasteiger partial charge >= 0.3 is 0 Å². The molecule has 2 heterocycles. The Morgan fingerprint density at radius 1 is 1.53 bits per heavy atom. The molecule has 2 aromatic heterocycles. The Morgan fingerprint density at radius 2 is 2.33 bits per heavy atom. The van der Waals surface area contributed by atoms with Crippen molar-refractivity contribution in [2.75, 3.05) is 0 Å². The fourth-order valence-corrected chi connectivity index (χ4v) is 1.77. The van der Waals surface area contributed by atoms with Gasteiger partial charge in [0.1, 0.15) is 6.10 Å². The van der Waals surface area contributed by atoms with Crippen LogP contribution in [-0.4, -0.2) is 20.2 Å². The number of hydrogen-bond acceptors (Lipinski definition) is 6. The highest BCUT2D eigenvalue weighted by Gasteiger charge is 2.12. The van der Waals surface area contributed by atoms with Gasteiger partial charge in [0.15, 0.2) is 5.82 Å². The van der Waals surface area contributed by atoms with E-state index in [2.05, 4.69) is 15.1 Å². The molecule has 2 rings (SSSR count). The summed E-state index contributed by atoms with van der Waals surface area (Å²) in [6.07, 6.45) is -0.177. The van der Waals surface area contributed by atoms with Crippen LogP contribution in [-0.2, 0) is 6.42 Å². The van der Waals surface area contributed by atoms with Gasteiger partial charge in [0.2, 0.25) is 0 Å². The van der Waals surface area contributed by atoms with Crippen LogP contribution < -0.4 is 0 Å². The van der Waals surface area contributed by atoms with Gasteiger partial charge in [-0.3, -0.25) is 0 Å². The molecule has 0 fully saturated rings. The molecule has 1 unspecified atom stereocenters. The Balaban J connectivity index is 2.11. The van der Waals surface area contributed by atoms with Crippen molar-refractivity contribution in [1.82, 2.24) is 15.1 Å². The zero-order valence-corrected chi connectivity index (χ0v) is 9.28. The lowest BCUT2D eigenvalue weighted by molar-refractivity contribution is 0.151. The highest BCUT2D eigenvalue weighted by molar-refractivity contribution is 7.09. The maximum absolute atomic E-state index is 9.20. The maximum Gasteiger partial charge on any atom is 0.255 e. The summed E-state index contributed by atoms with van der Waals surface area (Å²) in [5, 5.41) is 15.9. The summed E-state index contributed by atoms with van der Waals surface area (Å²) < 4.78 is 4.87.